The minimum absolute atomic E-state index is 0.183. The van der Waals surface area contributed by atoms with E-state index in [4.69, 9.17) is 5.11 Å². The molecule has 0 unspecified atom stereocenters. The molecule has 1 fully saturated rings. The molecule has 1 saturated heterocycles. The minimum Gasteiger partial charge on any atom is -0.481 e. The Morgan fingerprint density at radius 1 is 1.47 bits per heavy atom. The predicted octanol–water partition coefficient (Wildman–Crippen LogP) is 0.535. The highest BCUT2D eigenvalue weighted by molar-refractivity contribution is 5.68. The molecule has 0 spiro atoms. The second-order valence-corrected chi connectivity index (χ2v) is 5.11. The van der Waals surface area contributed by atoms with Gasteiger partial charge >= 0.3 is 5.97 Å². The molecule has 1 aromatic heterocycles. The highest BCUT2D eigenvalue weighted by atomic mass is 16.4. The van der Waals surface area contributed by atoms with E-state index in [1.807, 2.05) is 6.33 Å². The van der Waals surface area contributed by atoms with Crippen LogP contribution in [0, 0.1) is 0 Å². The van der Waals surface area contributed by atoms with E-state index in [1.165, 1.54) is 24.2 Å². The van der Waals surface area contributed by atoms with Crippen LogP contribution < -0.4 is 5.32 Å². The molecule has 2 aliphatic rings. The maximum atomic E-state index is 11.0. The van der Waals surface area contributed by atoms with Crippen molar-refractivity contribution >= 4 is 5.97 Å². The van der Waals surface area contributed by atoms with Gasteiger partial charge in [-0.25, -0.2) is 4.98 Å². The maximum absolute atomic E-state index is 11.0. The Bertz CT molecular complexity index is 449. The molecule has 3 rings (SSSR count). The number of imidazole rings is 1. The first-order valence-electron chi connectivity index (χ1n) is 6.19. The Hall–Kier alpha value is -1.36. The molecule has 5 heteroatoms. The average molecular weight is 235 g/mol. The fourth-order valence-corrected chi connectivity index (χ4v) is 2.95. The van der Waals surface area contributed by atoms with Crippen molar-refractivity contribution in [1.82, 2.24) is 14.9 Å². The van der Waals surface area contributed by atoms with Gasteiger partial charge in [0.05, 0.1) is 24.0 Å². The third-order valence-corrected chi connectivity index (χ3v) is 3.93. The van der Waals surface area contributed by atoms with Gasteiger partial charge in [0.2, 0.25) is 0 Å². The second kappa shape index (κ2) is 3.84. The molecule has 2 heterocycles. The quantitative estimate of drug-likeness (QED) is 0.802. The number of aromatic nitrogens is 2. The van der Waals surface area contributed by atoms with Crippen LogP contribution in [-0.4, -0.2) is 33.7 Å². The highest BCUT2D eigenvalue weighted by Gasteiger charge is 2.42. The van der Waals surface area contributed by atoms with Gasteiger partial charge in [0.25, 0.3) is 0 Å². The van der Waals surface area contributed by atoms with E-state index in [1.54, 1.807) is 0 Å². The maximum Gasteiger partial charge on any atom is 0.305 e. The average Bonchev–Trinajstić information content (AvgIpc) is 2.67. The summed E-state index contributed by atoms with van der Waals surface area (Å²) in [5.41, 5.74) is 2.16. The van der Waals surface area contributed by atoms with Gasteiger partial charge in [-0.2, -0.15) is 0 Å². The number of aryl methyl sites for hydroxylation is 1. The van der Waals surface area contributed by atoms with Gasteiger partial charge in [-0.15, -0.1) is 0 Å². The first kappa shape index (κ1) is 10.8. The molecule has 5 nitrogen and oxygen atoms in total. The molecule has 1 aliphatic heterocycles. The van der Waals surface area contributed by atoms with Crippen molar-refractivity contribution < 1.29 is 9.90 Å². The number of hydrogen-bond donors (Lipinski definition) is 2. The lowest BCUT2D eigenvalue weighted by molar-refractivity contribution is -0.140. The van der Waals surface area contributed by atoms with Gasteiger partial charge in [-0.3, -0.25) is 4.79 Å². The van der Waals surface area contributed by atoms with Crippen LogP contribution in [-0.2, 0) is 23.2 Å². The number of carbonyl (C=O) groups is 1. The van der Waals surface area contributed by atoms with Crippen LogP contribution in [0.25, 0.3) is 0 Å². The molecule has 0 atom stereocenters. The molecule has 0 bridgehead atoms. The molecular weight excluding hydrogens is 218 g/mol. The Balaban J connectivity index is 1.96. The third kappa shape index (κ3) is 1.65. The molecule has 17 heavy (non-hydrogen) atoms. The Morgan fingerprint density at radius 3 is 2.88 bits per heavy atom. The molecule has 0 aromatic carbocycles. The summed E-state index contributed by atoms with van der Waals surface area (Å²) in [5, 5.41) is 12.2. The first-order chi connectivity index (χ1) is 8.21. The molecule has 1 aromatic rings. The van der Waals surface area contributed by atoms with E-state index in [-0.39, 0.29) is 12.0 Å². The lowest BCUT2D eigenvalue weighted by Crippen LogP contribution is -2.61. The fraction of sp³-hybridized carbons (Fsp3) is 0.667. The lowest BCUT2D eigenvalue weighted by atomic mass is 9.87. The van der Waals surface area contributed by atoms with Crippen molar-refractivity contribution in [3.05, 3.63) is 17.7 Å². The molecule has 2 N–H and O–H groups in total. The van der Waals surface area contributed by atoms with E-state index in [0.717, 1.165) is 25.9 Å². The molecule has 0 radical (unpaired) electrons. The second-order valence-electron chi connectivity index (χ2n) is 5.11. The summed E-state index contributed by atoms with van der Waals surface area (Å²) in [6.07, 6.45) is 6.50. The summed E-state index contributed by atoms with van der Waals surface area (Å²) in [6, 6.07) is 0. The topological polar surface area (TPSA) is 67.1 Å². The first-order valence-corrected chi connectivity index (χ1v) is 6.19. The number of nitrogens with zero attached hydrogens (tertiary/aromatic N) is 2. The summed E-state index contributed by atoms with van der Waals surface area (Å²) in [5.74, 6) is -0.732. The number of carboxylic acid groups (broad SMARTS) is 1. The monoisotopic (exact) mass is 235 g/mol. The van der Waals surface area contributed by atoms with E-state index >= 15 is 0 Å². The molecule has 0 saturated carbocycles. The number of fused-ring (bicyclic) bond motifs is 1. The Morgan fingerprint density at radius 2 is 2.24 bits per heavy atom. The largest absolute Gasteiger partial charge is 0.481 e. The van der Waals surface area contributed by atoms with Gasteiger partial charge in [0, 0.05) is 18.8 Å². The summed E-state index contributed by atoms with van der Waals surface area (Å²) in [6.45, 7) is 1.48. The fourth-order valence-electron chi connectivity index (χ4n) is 2.95. The summed E-state index contributed by atoms with van der Waals surface area (Å²) >= 11 is 0. The number of hydrogen-bond acceptors (Lipinski definition) is 3. The summed E-state index contributed by atoms with van der Waals surface area (Å²) in [4.78, 5) is 15.5. The lowest BCUT2D eigenvalue weighted by Gasteiger charge is -2.44. The zero-order valence-electron chi connectivity index (χ0n) is 9.78. The van der Waals surface area contributed by atoms with Gasteiger partial charge in [0.15, 0.2) is 0 Å². The zero-order chi connectivity index (χ0) is 11.9. The Labute approximate surface area is 99.8 Å². The Kier molecular flexibility index (Phi) is 2.43. The number of aliphatic carboxylic acids is 1. The van der Waals surface area contributed by atoms with Crippen LogP contribution >= 0.6 is 0 Å². The number of nitrogens with one attached hydrogen (secondary N) is 1. The smallest absolute Gasteiger partial charge is 0.305 e. The van der Waals surface area contributed by atoms with Gasteiger partial charge < -0.3 is 15.0 Å². The van der Waals surface area contributed by atoms with Crippen LogP contribution in [0.2, 0.25) is 0 Å². The van der Waals surface area contributed by atoms with Crippen LogP contribution in [0.1, 0.15) is 30.7 Å². The van der Waals surface area contributed by atoms with Crippen molar-refractivity contribution in [1.29, 1.82) is 0 Å². The third-order valence-electron chi connectivity index (χ3n) is 3.93. The van der Waals surface area contributed by atoms with Crippen LogP contribution in [0.5, 0.6) is 0 Å². The normalized spacial score (nSPS) is 21.6. The van der Waals surface area contributed by atoms with Crippen molar-refractivity contribution in [2.24, 2.45) is 0 Å². The van der Waals surface area contributed by atoms with Crippen molar-refractivity contribution in [2.45, 2.75) is 37.6 Å². The van der Waals surface area contributed by atoms with E-state index in [2.05, 4.69) is 14.9 Å². The van der Waals surface area contributed by atoms with E-state index in [9.17, 15) is 4.79 Å². The number of rotatable bonds is 3. The molecule has 92 valence electrons. The van der Waals surface area contributed by atoms with Crippen molar-refractivity contribution in [3.8, 4) is 0 Å². The molecule has 0 amide bonds. The number of carboxylic acids is 1. The van der Waals surface area contributed by atoms with Crippen molar-refractivity contribution in [2.75, 3.05) is 13.1 Å². The van der Waals surface area contributed by atoms with Crippen LogP contribution in [0.4, 0.5) is 0 Å². The van der Waals surface area contributed by atoms with E-state index in [0.29, 0.717) is 0 Å². The highest BCUT2D eigenvalue weighted by Crippen LogP contribution is 2.31. The molecular formula is C12H17N3O2. The van der Waals surface area contributed by atoms with Gasteiger partial charge in [-0.05, 0) is 25.7 Å². The predicted molar refractivity (Wildman–Crippen MR) is 62.0 cm³/mol. The SMILES string of the molecule is O=C(O)CC1(n2cnc3c2CCCC3)CNC1. The van der Waals surface area contributed by atoms with Crippen LogP contribution in [0.3, 0.4) is 0 Å². The van der Waals surface area contributed by atoms with E-state index < -0.39 is 5.97 Å². The standard InChI is InChI=1S/C12H17N3O2/c16-11(17)5-12(6-13-7-12)15-8-14-9-3-1-2-4-10(9)15/h8,13H,1-7H2,(H,16,17). The van der Waals surface area contributed by atoms with Crippen LogP contribution in [0.15, 0.2) is 6.33 Å². The van der Waals surface area contributed by atoms with Gasteiger partial charge in [-0.1, -0.05) is 0 Å². The van der Waals surface area contributed by atoms with Crippen molar-refractivity contribution in [3.63, 3.8) is 0 Å². The zero-order valence-corrected chi connectivity index (χ0v) is 9.78. The molecule has 1 aliphatic carbocycles. The summed E-state index contributed by atoms with van der Waals surface area (Å²) in [7, 11) is 0. The van der Waals surface area contributed by atoms with Gasteiger partial charge in [0.1, 0.15) is 0 Å². The minimum atomic E-state index is -0.732. The summed E-state index contributed by atoms with van der Waals surface area (Å²) < 4.78 is 2.13.